The second-order valence-electron chi connectivity index (χ2n) is 19.3. The number of aryl methyl sites for hydroxylation is 1. The minimum absolute atomic E-state index is 0.0267. The van der Waals surface area contributed by atoms with Gasteiger partial charge in [0.1, 0.15) is 23.9 Å². The third-order valence-corrected chi connectivity index (χ3v) is 13.2. The van der Waals surface area contributed by atoms with Crippen LogP contribution in [-0.4, -0.2) is 119 Å². The number of phenolic OH excluding ortho intramolecular Hbond substituents is 1. The highest BCUT2D eigenvalue weighted by molar-refractivity contribution is 5.96. The number of allylic oxidation sites excluding steroid dienone is 4. The van der Waals surface area contributed by atoms with Crippen LogP contribution in [0.25, 0.3) is 27.6 Å². The van der Waals surface area contributed by atoms with E-state index in [1.165, 1.54) is 16.0 Å². The van der Waals surface area contributed by atoms with Gasteiger partial charge in [0.15, 0.2) is 0 Å². The van der Waals surface area contributed by atoms with Gasteiger partial charge in [-0.05, 0) is 98.0 Å². The molecule has 4 amide bonds. The van der Waals surface area contributed by atoms with E-state index < -0.39 is 47.2 Å². The lowest BCUT2D eigenvalue weighted by Crippen LogP contribution is -2.62. The molecule has 4 heterocycles. The number of aromatic nitrogens is 1. The zero-order valence-electron chi connectivity index (χ0n) is 40.4. The van der Waals surface area contributed by atoms with Crippen LogP contribution in [0.4, 0.5) is 0 Å². The molecule has 2 saturated heterocycles. The molecule has 0 spiro atoms. The van der Waals surface area contributed by atoms with E-state index in [1.807, 2.05) is 58.9 Å². The lowest BCUT2D eigenvalue weighted by Gasteiger charge is -2.37. The first-order valence-corrected chi connectivity index (χ1v) is 23.3. The topological polar surface area (TPSA) is 189 Å². The van der Waals surface area contributed by atoms with Gasteiger partial charge in [-0.1, -0.05) is 71.2 Å². The third kappa shape index (κ3) is 11.0. The molecule has 15 heteroatoms. The molecule has 0 saturated carbocycles. The molecule has 5 N–H and O–H groups in total. The quantitative estimate of drug-likeness (QED) is 0.101. The van der Waals surface area contributed by atoms with E-state index in [2.05, 4.69) is 47.5 Å². The molecule has 2 fully saturated rings. The number of esters is 1. The molecule has 6 rings (SSSR count). The molecule has 2 aromatic carbocycles. The van der Waals surface area contributed by atoms with Crippen molar-refractivity contribution in [3.8, 4) is 16.9 Å². The van der Waals surface area contributed by atoms with Crippen molar-refractivity contribution in [2.75, 3.05) is 40.5 Å². The highest BCUT2D eigenvalue weighted by Crippen LogP contribution is 2.40. The molecule has 0 radical (unpaired) electrons. The zero-order valence-corrected chi connectivity index (χ0v) is 40.4. The summed E-state index contributed by atoms with van der Waals surface area (Å²) in [5, 5.41) is 16.6. The molecule has 3 aliphatic heterocycles. The molecular weight excluding hydrogens is 851 g/mol. The summed E-state index contributed by atoms with van der Waals surface area (Å²) >= 11 is 0. The van der Waals surface area contributed by atoms with Crippen LogP contribution in [0.5, 0.6) is 5.75 Å². The molecule has 5 atom stereocenters. The van der Waals surface area contributed by atoms with Crippen LogP contribution in [0.3, 0.4) is 0 Å². The van der Waals surface area contributed by atoms with E-state index in [4.69, 9.17) is 15.2 Å². The normalized spacial score (nSPS) is 22.0. The Morgan fingerprint density at radius 2 is 1.88 bits per heavy atom. The van der Waals surface area contributed by atoms with Crippen LogP contribution in [0.2, 0.25) is 0 Å². The summed E-state index contributed by atoms with van der Waals surface area (Å²) in [5.74, 6) is -2.98. The van der Waals surface area contributed by atoms with Crippen LogP contribution < -0.4 is 16.5 Å². The van der Waals surface area contributed by atoms with E-state index in [-0.39, 0.29) is 62.2 Å². The second-order valence-corrected chi connectivity index (χ2v) is 19.3. The number of benzene rings is 2. The van der Waals surface area contributed by atoms with Crippen molar-refractivity contribution in [1.29, 1.82) is 0 Å². The molecule has 6 bridgehead atoms. The van der Waals surface area contributed by atoms with Gasteiger partial charge in [0.25, 0.3) is 5.91 Å². The molecule has 0 aliphatic carbocycles. The number of nitrogens with zero attached hydrogens (tertiary/aromatic N) is 4. The summed E-state index contributed by atoms with van der Waals surface area (Å²) in [6.07, 6.45) is 8.53. The van der Waals surface area contributed by atoms with E-state index in [0.717, 1.165) is 33.3 Å². The van der Waals surface area contributed by atoms with Crippen molar-refractivity contribution in [3.63, 3.8) is 0 Å². The Morgan fingerprint density at radius 1 is 1.13 bits per heavy atom. The fourth-order valence-electron chi connectivity index (χ4n) is 9.99. The van der Waals surface area contributed by atoms with Gasteiger partial charge in [0.05, 0.1) is 24.8 Å². The lowest BCUT2D eigenvalue weighted by atomic mass is 9.84. The van der Waals surface area contributed by atoms with Crippen molar-refractivity contribution >= 4 is 46.1 Å². The Labute approximate surface area is 394 Å². The van der Waals surface area contributed by atoms with Crippen LogP contribution in [0, 0.1) is 17.3 Å². The summed E-state index contributed by atoms with van der Waals surface area (Å²) in [4.78, 5) is 72.8. The number of likely N-dealkylation sites (tertiary alicyclic amines) is 1. The summed E-state index contributed by atoms with van der Waals surface area (Å²) in [6.45, 7) is 20.6. The Morgan fingerprint density at radius 3 is 2.55 bits per heavy atom. The van der Waals surface area contributed by atoms with Crippen LogP contribution >= 0.6 is 0 Å². The summed E-state index contributed by atoms with van der Waals surface area (Å²) in [5.41, 5.74) is 15.5. The standard InChI is InChI=1S/C52H69N7O8/c1-11-14-16-38(41(53)29-66-10)47-40-27-52(7,8)30-67-51(65)42-17-15-20-59(55-42)50(64)43(24-33-22-35(25-37(60)23-33)34-18-19-44(39(40)26-34)57(47)13-3)54-48(62)46(31(4)5)56(9)49(63)36-21-32(6)58(28-36)45(61)12-2/h11-12,14,16,18-19,22-23,25-26,31-32,36,42-43,46,55,60H,1-2,13,15,17,20-21,24,27-30,53H2,3-10H3,(H,54,62)/b16-14-,41-38+/t32-,36+,42+,43?,46+/m1/s1. The van der Waals surface area contributed by atoms with E-state index in [9.17, 15) is 29.1 Å². The molecule has 360 valence electrons. The Balaban J connectivity index is 1.45. The number of rotatable bonds is 12. The fourth-order valence-corrected chi connectivity index (χ4v) is 9.99. The largest absolute Gasteiger partial charge is 0.508 e. The number of nitrogens with one attached hydrogen (secondary N) is 2. The number of methoxy groups -OCH3 is 1. The van der Waals surface area contributed by atoms with Crippen LogP contribution in [-0.2, 0) is 52.8 Å². The van der Waals surface area contributed by atoms with Gasteiger partial charge in [0, 0.05) is 73.8 Å². The van der Waals surface area contributed by atoms with E-state index in [0.29, 0.717) is 49.1 Å². The summed E-state index contributed by atoms with van der Waals surface area (Å²) < 4.78 is 13.8. The van der Waals surface area contributed by atoms with Crippen LogP contribution in [0.15, 0.2) is 79.6 Å². The van der Waals surface area contributed by atoms with Crippen molar-refractivity contribution in [1.82, 2.24) is 30.1 Å². The molecule has 3 aromatic rings. The molecule has 67 heavy (non-hydrogen) atoms. The number of ether oxygens (including phenoxy) is 2. The number of amides is 4. The number of aromatic hydroxyl groups is 1. The van der Waals surface area contributed by atoms with Gasteiger partial charge >= 0.3 is 5.97 Å². The average Bonchev–Trinajstić information content (AvgIpc) is 3.83. The number of carbonyl (C=O) groups excluding carboxylic acids is 5. The Hall–Kier alpha value is -6.19. The smallest absolute Gasteiger partial charge is 0.324 e. The molecule has 15 nitrogen and oxygen atoms in total. The van der Waals surface area contributed by atoms with Crippen molar-refractivity contribution < 1.29 is 38.6 Å². The SMILES string of the molecule is C=C/C=C\C(=C(/N)COC)c1c2c3cc(ccc3n1CC)-c1cc(O)cc(c1)CC(NC(=O)[C@H](C(C)C)N(C)C(=O)[C@H]1C[C@@H](C)N(C(=O)C=C)C1)C(=O)N1CCC[C@H](N1)C(=O)OCC(C)(C)C2. The van der Waals surface area contributed by atoms with Gasteiger partial charge in [-0.15, -0.1) is 0 Å². The third-order valence-electron chi connectivity index (χ3n) is 13.2. The van der Waals surface area contributed by atoms with Gasteiger partial charge in [-0.3, -0.25) is 29.0 Å². The first-order chi connectivity index (χ1) is 31.8. The Bertz CT molecular complexity index is 2470. The first kappa shape index (κ1) is 50.2. The van der Waals surface area contributed by atoms with E-state index >= 15 is 0 Å². The zero-order chi connectivity index (χ0) is 48.9. The number of hydrogen-bond acceptors (Lipinski definition) is 10. The second kappa shape index (κ2) is 21.2. The number of carbonyl (C=O) groups is 5. The van der Waals surface area contributed by atoms with Crippen LogP contribution in [0.1, 0.15) is 77.6 Å². The molecule has 1 aromatic heterocycles. The highest BCUT2D eigenvalue weighted by atomic mass is 16.5. The number of hydrogen-bond donors (Lipinski definition) is 4. The lowest BCUT2D eigenvalue weighted by molar-refractivity contribution is -0.155. The van der Waals surface area contributed by atoms with Gasteiger partial charge in [-0.2, -0.15) is 0 Å². The first-order valence-electron chi connectivity index (χ1n) is 23.3. The van der Waals surface area contributed by atoms with Crippen molar-refractivity contribution in [3.05, 3.63) is 96.4 Å². The fraction of sp³-hybridized carbons (Fsp3) is 0.481. The average molecular weight is 920 g/mol. The maximum absolute atomic E-state index is 14.7. The minimum Gasteiger partial charge on any atom is -0.508 e. The number of nitrogens with two attached hydrogens (primary N) is 1. The maximum Gasteiger partial charge on any atom is 0.324 e. The van der Waals surface area contributed by atoms with Gasteiger partial charge < -0.3 is 40.0 Å². The molecular formula is C52H69N7O8. The maximum atomic E-state index is 14.7. The van der Waals surface area contributed by atoms with E-state index in [1.54, 1.807) is 37.3 Å². The number of fused-ring (bicyclic) bond motifs is 6. The van der Waals surface area contributed by atoms with Crippen molar-refractivity contribution in [2.24, 2.45) is 23.0 Å². The van der Waals surface area contributed by atoms with Crippen molar-refractivity contribution in [2.45, 2.75) is 104 Å². The monoisotopic (exact) mass is 920 g/mol. The summed E-state index contributed by atoms with van der Waals surface area (Å²) in [6, 6.07) is 8.12. The minimum atomic E-state index is -1.18. The predicted octanol–water partition coefficient (Wildman–Crippen LogP) is 5.65. The molecule has 1 unspecified atom stereocenters. The van der Waals surface area contributed by atoms with Gasteiger partial charge in [0.2, 0.25) is 17.7 Å². The number of hydrazine groups is 1. The highest BCUT2D eigenvalue weighted by Gasteiger charge is 2.42. The number of phenols is 1. The number of likely N-dealkylation sites (N-methyl/N-ethyl adjacent to an activating group) is 1. The predicted molar refractivity (Wildman–Crippen MR) is 260 cm³/mol. The van der Waals surface area contributed by atoms with Gasteiger partial charge in [-0.25, -0.2) is 5.43 Å². The number of cyclic esters (lactones) is 1. The molecule has 3 aliphatic rings. The summed E-state index contributed by atoms with van der Waals surface area (Å²) in [7, 11) is 3.18. The Kier molecular flexibility index (Phi) is 15.9.